The summed E-state index contributed by atoms with van der Waals surface area (Å²) in [5.74, 6) is 0. The molecule has 1 aliphatic rings. The number of rotatable bonds is 1. The van der Waals surface area contributed by atoms with Gasteiger partial charge in [-0.3, -0.25) is 0 Å². The maximum atomic E-state index is 13.0. The van der Waals surface area contributed by atoms with Gasteiger partial charge in [-0.15, -0.1) is 0 Å². The molecule has 1 atom stereocenters. The minimum absolute atomic E-state index is 0.0796. The normalized spacial score (nSPS) is 19.0. The fourth-order valence-corrected chi connectivity index (χ4v) is 2.82. The monoisotopic (exact) mass is 383 g/mol. The van der Waals surface area contributed by atoms with E-state index in [1.165, 1.54) is 4.90 Å². The zero-order valence-electron chi connectivity index (χ0n) is 14.5. The largest absolute Gasteiger partial charge is 0.444 e. The van der Waals surface area contributed by atoms with Crippen molar-refractivity contribution >= 4 is 6.09 Å². The third-order valence-corrected chi connectivity index (χ3v) is 3.88. The quantitative estimate of drug-likeness (QED) is 0.574. The summed E-state index contributed by atoms with van der Waals surface area (Å²) in [6.07, 6.45) is -9.89. The van der Waals surface area contributed by atoms with Crippen molar-refractivity contribution in [1.82, 2.24) is 4.90 Å². The zero-order chi connectivity index (χ0) is 19.9. The van der Waals surface area contributed by atoms with E-state index in [0.29, 0.717) is 18.6 Å². The van der Waals surface area contributed by atoms with Gasteiger partial charge in [0.2, 0.25) is 0 Å². The van der Waals surface area contributed by atoms with Crippen LogP contribution in [0.5, 0.6) is 0 Å². The first-order valence-corrected chi connectivity index (χ1v) is 7.97. The lowest BCUT2D eigenvalue weighted by Gasteiger charge is -2.29. The summed E-state index contributed by atoms with van der Waals surface area (Å²) in [4.78, 5) is 13.4. The summed E-state index contributed by atoms with van der Waals surface area (Å²) < 4.78 is 83.4. The van der Waals surface area contributed by atoms with Crippen LogP contribution in [0.2, 0.25) is 0 Å². The number of alkyl halides is 6. The van der Waals surface area contributed by atoms with Gasteiger partial charge in [-0.05, 0) is 57.4 Å². The summed E-state index contributed by atoms with van der Waals surface area (Å²) >= 11 is 0. The van der Waals surface area contributed by atoms with E-state index in [1.54, 1.807) is 20.8 Å². The summed E-state index contributed by atoms with van der Waals surface area (Å²) in [5.41, 5.74) is -3.80. The Kier molecular flexibility index (Phi) is 5.22. The molecule has 1 heterocycles. The van der Waals surface area contributed by atoms with Crippen LogP contribution in [-0.4, -0.2) is 23.1 Å². The van der Waals surface area contributed by atoms with Crippen molar-refractivity contribution in [3.8, 4) is 0 Å². The molecule has 3 nitrogen and oxygen atoms in total. The van der Waals surface area contributed by atoms with Crippen LogP contribution in [0.15, 0.2) is 18.2 Å². The van der Waals surface area contributed by atoms with Gasteiger partial charge < -0.3 is 9.64 Å². The molecule has 0 spiro atoms. The SMILES string of the molecule is CC(C)(C)OC(=O)N1CCCC1c1cc(C(F)(F)F)cc(C(F)(F)F)c1. The van der Waals surface area contributed by atoms with E-state index in [-0.39, 0.29) is 24.6 Å². The number of likely N-dealkylation sites (tertiary alicyclic amines) is 1. The minimum Gasteiger partial charge on any atom is -0.444 e. The molecule has 9 heteroatoms. The van der Waals surface area contributed by atoms with Crippen LogP contribution >= 0.6 is 0 Å². The predicted octanol–water partition coefficient (Wildman–Crippen LogP) is 5.80. The Balaban J connectivity index is 2.44. The molecule has 1 aliphatic heterocycles. The molecule has 1 aromatic carbocycles. The standard InChI is InChI=1S/C17H19F6NO2/c1-15(2,3)26-14(25)24-6-4-5-13(24)10-7-11(16(18,19)20)9-12(8-10)17(21,22)23/h7-9,13H,4-6H2,1-3H3. The number of ether oxygens (including phenoxy) is 1. The van der Waals surface area contributed by atoms with Gasteiger partial charge in [0, 0.05) is 6.54 Å². The highest BCUT2D eigenvalue weighted by molar-refractivity contribution is 5.69. The molecule has 0 radical (unpaired) electrons. The third kappa shape index (κ3) is 4.82. The highest BCUT2D eigenvalue weighted by Gasteiger charge is 2.40. The summed E-state index contributed by atoms with van der Waals surface area (Å²) in [7, 11) is 0. The Labute approximate surface area is 146 Å². The number of hydrogen-bond donors (Lipinski definition) is 0. The molecule has 1 saturated heterocycles. The van der Waals surface area contributed by atoms with E-state index in [0.717, 1.165) is 0 Å². The van der Waals surface area contributed by atoms with Crippen molar-refractivity contribution in [3.05, 3.63) is 34.9 Å². The molecule has 146 valence electrons. The molecule has 0 aromatic heterocycles. The van der Waals surface area contributed by atoms with Gasteiger partial charge in [0.05, 0.1) is 17.2 Å². The molecule has 1 fully saturated rings. The van der Waals surface area contributed by atoms with Crippen LogP contribution in [-0.2, 0) is 17.1 Å². The smallest absolute Gasteiger partial charge is 0.416 e. The van der Waals surface area contributed by atoms with E-state index < -0.39 is 41.2 Å². The van der Waals surface area contributed by atoms with E-state index in [4.69, 9.17) is 4.74 Å². The molecule has 0 saturated carbocycles. The lowest BCUT2D eigenvalue weighted by atomic mass is 9.98. The molecule has 1 aromatic rings. The maximum Gasteiger partial charge on any atom is 0.416 e. The molecular formula is C17H19F6NO2. The maximum absolute atomic E-state index is 13.0. The third-order valence-electron chi connectivity index (χ3n) is 3.88. The van der Waals surface area contributed by atoms with E-state index in [2.05, 4.69) is 0 Å². The van der Waals surface area contributed by atoms with Crippen molar-refractivity contribution in [2.24, 2.45) is 0 Å². The van der Waals surface area contributed by atoms with Gasteiger partial charge in [0.1, 0.15) is 5.60 Å². The first-order chi connectivity index (χ1) is 11.7. The number of carbonyl (C=O) groups is 1. The molecule has 0 aliphatic carbocycles. The lowest BCUT2D eigenvalue weighted by Crippen LogP contribution is -2.36. The second-order valence-corrected chi connectivity index (χ2v) is 7.17. The molecule has 1 unspecified atom stereocenters. The van der Waals surface area contributed by atoms with Gasteiger partial charge >= 0.3 is 18.4 Å². The van der Waals surface area contributed by atoms with Crippen molar-refractivity contribution in [1.29, 1.82) is 0 Å². The first-order valence-electron chi connectivity index (χ1n) is 7.97. The second-order valence-electron chi connectivity index (χ2n) is 7.17. The number of carbonyl (C=O) groups excluding carboxylic acids is 1. The summed E-state index contributed by atoms with van der Waals surface area (Å²) in [6, 6.07) is 0.523. The Morgan fingerprint density at radius 1 is 1.00 bits per heavy atom. The highest BCUT2D eigenvalue weighted by atomic mass is 19.4. The zero-order valence-corrected chi connectivity index (χ0v) is 14.5. The minimum atomic E-state index is -4.93. The predicted molar refractivity (Wildman–Crippen MR) is 81.4 cm³/mol. The molecule has 2 rings (SSSR count). The molecular weight excluding hydrogens is 364 g/mol. The first kappa shape index (κ1) is 20.4. The topological polar surface area (TPSA) is 29.5 Å². The van der Waals surface area contributed by atoms with Gasteiger partial charge in [0.25, 0.3) is 0 Å². The average molecular weight is 383 g/mol. The van der Waals surface area contributed by atoms with Crippen molar-refractivity contribution in [2.75, 3.05) is 6.54 Å². The Morgan fingerprint density at radius 2 is 1.50 bits per heavy atom. The Bertz CT molecular complexity index is 643. The summed E-state index contributed by atoms with van der Waals surface area (Å²) in [6.45, 7) is 5.09. The second kappa shape index (κ2) is 6.66. The van der Waals surface area contributed by atoms with Crippen LogP contribution < -0.4 is 0 Å². The highest BCUT2D eigenvalue weighted by Crippen LogP contribution is 2.40. The number of nitrogens with zero attached hydrogens (tertiary/aromatic N) is 1. The van der Waals surface area contributed by atoms with E-state index in [9.17, 15) is 31.1 Å². The number of hydrogen-bond acceptors (Lipinski definition) is 2. The van der Waals surface area contributed by atoms with Gasteiger partial charge in [-0.25, -0.2) is 4.79 Å². The van der Waals surface area contributed by atoms with Gasteiger partial charge in [0.15, 0.2) is 0 Å². The number of halogens is 6. The van der Waals surface area contributed by atoms with Crippen LogP contribution in [0.3, 0.4) is 0 Å². The van der Waals surface area contributed by atoms with E-state index in [1.807, 2.05) is 0 Å². The molecule has 0 bridgehead atoms. The van der Waals surface area contributed by atoms with E-state index >= 15 is 0 Å². The fraction of sp³-hybridized carbons (Fsp3) is 0.588. The van der Waals surface area contributed by atoms with Crippen molar-refractivity contribution < 1.29 is 35.9 Å². The molecule has 0 N–H and O–H groups in total. The fourth-order valence-electron chi connectivity index (χ4n) is 2.82. The van der Waals surface area contributed by atoms with Crippen LogP contribution in [0.4, 0.5) is 31.1 Å². The Morgan fingerprint density at radius 3 is 1.92 bits per heavy atom. The Hall–Kier alpha value is -1.93. The van der Waals surface area contributed by atoms with Crippen molar-refractivity contribution in [3.63, 3.8) is 0 Å². The van der Waals surface area contributed by atoms with Crippen LogP contribution in [0, 0.1) is 0 Å². The molecule has 1 amide bonds. The summed E-state index contributed by atoms with van der Waals surface area (Å²) in [5, 5.41) is 0. The van der Waals surface area contributed by atoms with Gasteiger partial charge in [-0.2, -0.15) is 26.3 Å². The molecule has 26 heavy (non-hydrogen) atoms. The lowest BCUT2D eigenvalue weighted by molar-refractivity contribution is -0.143. The number of amides is 1. The number of benzene rings is 1. The van der Waals surface area contributed by atoms with Crippen LogP contribution in [0.1, 0.15) is 56.3 Å². The average Bonchev–Trinajstić information content (AvgIpc) is 2.92. The van der Waals surface area contributed by atoms with Gasteiger partial charge in [-0.1, -0.05) is 0 Å². The van der Waals surface area contributed by atoms with Crippen molar-refractivity contribution in [2.45, 2.75) is 57.6 Å². The van der Waals surface area contributed by atoms with Crippen LogP contribution in [0.25, 0.3) is 0 Å².